The van der Waals surface area contributed by atoms with Crippen molar-refractivity contribution in [1.29, 1.82) is 0 Å². The molecule has 2 unspecified atom stereocenters. The largest absolute Gasteiger partial charge is 0.465 e. The summed E-state index contributed by atoms with van der Waals surface area (Å²) in [5, 5.41) is 3.34. The molecule has 1 aliphatic carbocycles. The van der Waals surface area contributed by atoms with Gasteiger partial charge in [0.15, 0.2) is 0 Å². The second-order valence-corrected chi connectivity index (χ2v) is 5.85. The van der Waals surface area contributed by atoms with E-state index in [-0.39, 0.29) is 18.1 Å². The molecule has 0 aromatic rings. The van der Waals surface area contributed by atoms with Gasteiger partial charge in [-0.05, 0) is 45.4 Å². The molecule has 1 aliphatic rings. The van der Waals surface area contributed by atoms with Crippen molar-refractivity contribution in [2.75, 3.05) is 13.2 Å². The quantitative estimate of drug-likeness (QED) is 0.620. The van der Waals surface area contributed by atoms with E-state index in [0.717, 1.165) is 6.42 Å². The van der Waals surface area contributed by atoms with Crippen molar-refractivity contribution in [1.82, 2.24) is 5.32 Å². The zero-order valence-corrected chi connectivity index (χ0v) is 12.8. The summed E-state index contributed by atoms with van der Waals surface area (Å²) in [7, 11) is 0. The van der Waals surface area contributed by atoms with Crippen LogP contribution < -0.4 is 5.32 Å². The number of carbonyl (C=O) groups is 1. The van der Waals surface area contributed by atoms with E-state index >= 15 is 0 Å². The monoisotopic (exact) mass is 271 g/mol. The molecule has 1 saturated carbocycles. The molecule has 1 rings (SSSR count). The Hall–Kier alpha value is -0.610. The van der Waals surface area contributed by atoms with Crippen LogP contribution in [0.1, 0.15) is 53.4 Å². The summed E-state index contributed by atoms with van der Waals surface area (Å²) in [6.45, 7) is 9.36. The average Bonchev–Trinajstić information content (AvgIpc) is 3.11. The van der Waals surface area contributed by atoms with Crippen molar-refractivity contribution >= 4 is 5.97 Å². The fourth-order valence-corrected chi connectivity index (χ4v) is 2.17. The van der Waals surface area contributed by atoms with E-state index < -0.39 is 0 Å². The Kier molecular flexibility index (Phi) is 7.39. The molecule has 0 bridgehead atoms. The van der Waals surface area contributed by atoms with Crippen molar-refractivity contribution < 1.29 is 14.3 Å². The number of ether oxygens (including phenoxy) is 2. The predicted octanol–water partition coefficient (Wildman–Crippen LogP) is 2.51. The van der Waals surface area contributed by atoms with E-state index in [1.807, 2.05) is 6.92 Å². The Labute approximate surface area is 117 Å². The molecule has 1 fully saturated rings. The summed E-state index contributed by atoms with van der Waals surface area (Å²) in [6, 6.07) is 0.293. The predicted molar refractivity (Wildman–Crippen MR) is 76.1 cm³/mol. The number of rotatable bonds is 10. The summed E-state index contributed by atoms with van der Waals surface area (Å²) in [5.41, 5.74) is 0. The molecular weight excluding hydrogens is 242 g/mol. The van der Waals surface area contributed by atoms with Gasteiger partial charge in [0.25, 0.3) is 0 Å². The number of nitrogens with one attached hydrogen (secondary N) is 1. The third-order valence-electron chi connectivity index (χ3n) is 3.20. The van der Waals surface area contributed by atoms with Gasteiger partial charge in [0.2, 0.25) is 0 Å². The number of carbonyl (C=O) groups excluding carboxylic acids is 1. The highest BCUT2D eigenvalue weighted by molar-refractivity contribution is 5.75. The molecule has 0 aromatic heterocycles. The molecule has 0 aliphatic heterocycles. The average molecular weight is 271 g/mol. The molecule has 0 aromatic carbocycles. The lowest BCUT2D eigenvalue weighted by atomic mass is 10.1. The lowest BCUT2D eigenvalue weighted by Crippen LogP contribution is -2.40. The molecule has 2 atom stereocenters. The van der Waals surface area contributed by atoms with Crippen LogP contribution in [0.15, 0.2) is 0 Å². The van der Waals surface area contributed by atoms with Gasteiger partial charge in [0.05, 0.1) is 12.7 Å². The minimum Gasteiger partial charge on any atom is -0.465 e. The lowest BCUT2D eigenvalue weighted by Gasteiger charge is -2.19. The molecule has 0 radical (unpaired) electrons. The van der Waals surface area contributed by atoms with E-state index in [2.05, 4.69) is 26.1 Å². The maximum atomic E-state index is 11.8. The van der Waals surface area contributed by atoms with Crippen LogP contribution in [0.5, 0.6) is 0 Å². The third-order valence-corrected chi connectivity index (χ3v) is 3.20. The molecule has 4 nitrogen and oxygen atoms in total. The zero-order chi connectivity index (χ0) is 14.3. The van der Waals surface area contributed by atoms with E-state index in [1.54, 1.807) is 0 Å². The molecule has 0 heterocycles. The molecule has 112 valence electrons. The van der Waals surface area contributed by atoms with Crippen LogP contribution in [0.2, 0.25) is 0 Å². The number of hydrogen-bond acceptors (Lipinski definition) is 4. The Bertz CT molecular complexity index is 264. The van der Waals surface area contributed by atoms with Crippen molar-refractivity contribution in [2.24, 2.45) is 5.92 Å². The molecule has 4 heteroatoms. The fourth-order valence-electron chi connectivity index (χ4n) is 2.17. The van der Waals surface area contributed by atoms with Gasteiger partial charge >= 0.3 is 5.97 Å². The van der Waals surface area contributed by atoms with Crippen molar-refractivity contribution in [3.05, 3.63) is 0 Å². The topological polar surface area (TPSA) is 47.6 Å². The van der Waals surface area contributed by atoms with Crippen LogP contribution in [-0.4, -0.2) is 37.4 Å². The van der Waals surface area contributed by atoms with Gasteiger partial charge < -0.3 is 14.8 Å². The maximum Gasteiger partial charge on any atom is 0.323 e. The lowest BCUT2D eigenvalue weighted by molar-refractivity contribution is -0.146. The second-order valence-electron chi connectivity index (χ2n) is 5.85. The Morgan fingerprint density at radius 2 is 2.00 bits per heavy atom. The summed E-state index contributed by atoms with van der Waals surface area (Å²) in [5.74, 6) is 0.495. The van der Waals surface area contributed by atoms with Crippen LogP contribution >= 0.6 is 0 Å². The van der Waals surface area contributed by atoms with Crippen molar-refractivity contribution in [3.8, 4) is 0 Å². The summed E-state index contributed by atoms with van der Waals surface area (Å²) < 4.78 is 10.9. The SMILES string of the molecule is CCOC(=O)C(CCOC(C)CC(C)C)NC1CC1. The minimum absolute atomic E-state index is 0.144. The van der Waals surface area contributed by atoms with Gasteiger partial charge in [-0.25, -0.2) is 0 Å². The normalized spacial score (nSPS) is 18.4. The standard InChI is InChI=1S/C15H29NO3/c1-5-18-15(17)14(16-13-6-7-13)8-9-19-12(4)10-11(2)3/h11-14,16H,5-10H2,1-4H3. The van der Waals surface area contributed by atoms with Gasteiger partial charge in [-0.1, -0.05) is 13.8 Å². The van der Waals surface area contributed by atoms with E-state index in [9.17, 15) is 4.79 Å². The van der Waals surface area contributed by atoms with E-state index in [1.165, 1.54) is 12.8 Å². The highest BCUT2D eigenvalue weighted by Gasteiger charge is 2.29. The van der Waals surface area contributed by atoms with Crippen LogP contribution in [-0.2, 0) is 14.3 Å². The first-order chi connectivity index (χ1) is 9.02. The number of hydrogen-bond donors (Lipinski definition) is 1. The Morgan fingerprint density at radius 3 is 2.53 bits per heavy atom. The molecule has 19 heavy (non-hydrogen) atoms. The van der Waals surface area contributed by atoms with E-state index in [0.29, 0.717) is 31.6 Å². The van der Waals surface area contributed by atoms with Crippen LogP contribution in [0, 0.1) is 5.92 Å². The van der Waals surface area contributed by atoms with Gasteiger partial charge in [0.1, 0.15) is 6.04 Å². The Balaban J connectivity index is 2.25. The van der Waals surface area contributed by atoms with Gasteiger partial charge in [-0.15, -0.1) is 0 Å². The van der Waals surface area contributed by atoms with Crippen LogP contribution in [0.25, 0.3) is 0 Å². The van der Waals surface area contributed by atoms with Crippen LogP contribution in [0.3, 0.4) is 0 Å². The summed E-state index contributed by atoms with van der Waals surface area (Å²) in [6.07, 6.45) is 4.34. The van der Waals surface area contributed by atoms with Gasteiger partial charge in [0, 0.05) is 12.6 Å². The highest BCUT2D eigenvalue weighted by Crippen LogP contribution is 2.20. The first-order valence-corrected chi connectivity index (χ1v) is 7.57. The first-order valence-electron chi connectivity index (χ1n) is 7.57. The highest BCUT2D eigenvalue weighted by atomic mass is 16.5. The van der Waals surface area contributed by atoms with Crippen molar-refractivity contribution in [2.45, 2.75) is 71.6 Å². The molecule has 0 amide bonds. The second kappa shape index (κ2) is 8.54. The van der Waals surface area contributed by atoms with Crippen LogP contribution in [0.4, 0.5) is 0 Å². The van der Waals surface area contributed by atoms with Gasteiger partial charge in [-0.2, -0.15) is 0 Å². The van der Waals surface area contributed by atoms with Gasteiger partial charge in [-0.3, -0.25) is 4.79 Å². The minimum atomic E-state index is -0.210. The fraction of sp³-hybridized carbons (Fsp3) is 0.933. The zero-order valence-electron chi connectivity index (χ0n) is 12.8. The first kappa shape index (κ1) is 16.4. The summed E-state index contributed by atoms with van der Waals surface area (Å²) in [4.78, 5) is 11.8. The molecule has 1 N–H and O–H groups in total. The van der Waals surface area contributed by atoms with E-state index in [4.69, 9.17) is 9.47 Å². The smallest absolute Gasteiger partial charge is 0.323 e. The molecular formula is C15H29NO3. The summed E-state index contributed by atoms with van der Waals surface area (Å²) >= 11 is 0. The van der Waals surface area contributed by atoms with Crippen molar-refractivity contribution in [3.63, 3.8) is 0 Å². The molecule has 0 spiro atoms. The third kappa shape index (κ3) is 7.53. The molecule has 0 saturated heterocycles. The Morgan fingerprint density at radius 1 is 1.32 bits per heavy atom. The maximum absolute atomic E-state index is 11.8. The number of esters is 1.